The molecule has 0 bridgehead atoms. The molecule has 17 heavy (non-hydrogen) atoms. The van der Waals surface area contributed by atoms with Crippen LogP contribution in [0.3, 0.4) is 0 Å². The summed E-state index contributed by atoms with van der Waals surface area (Å²) in [5.74, 6) is 1.79. The van der Waals surface area contributed by atoms with Gasteiger partial charge in [-0.3, -0.25) is 0 Å². The van der Waals surface area contributed by atoms with Gasteiger partial charge in [0.15, 0.2) is 0 Å². The van der Waals surface area contributed by atoms with E-state index in [0.717, 1.165) is 24.4 Å². The van der Waals surface area contributed by atoms with Gasteiger partial charge >= 0.3 is 0 Å². The van der Waals surface area contributed by atoms with Crippen LogP contribution in [0, 0.1) is 18.8 Å². The molecule has 0 saturated heterocycles. The van der Waals surface area contributed by atoms with Gasteiger partial charge in [0.05, 0.1) is 0 Å². The third kappa shape index (κ3) is 3.82. The van der Waals surface area contributed by atoms with Crippen molar-refractivity contribution in [2.24, 2.45) is 11.8 Å². The van der Waals surface area contributed by atoms with Crippen molar-refractivity contribution in [3.8, 4) is 0 Å². The van der Waals surface area contributed by atoms with Crippen LogP contribution in [-0.4, -0.2) is 6.04 Å². The Labute approximate surface area is 110 Å². The number of aryl methyl sites for hydroxylation is 1. The molecule has 1 aromatic rings. The summed E-state index contributed by atoms with van der Waals surface area (Å²) in [6.45, 7) is 7.99. The van der Waals surface area contributed by atoms with Gasteiger partial charge in [-0.15, -0.1) is 11.3 Å². The molecule has 1 aliphatic rings. The number of nitrogens with one attached hydrogen (secondary N) is 1. The Morgan fingerprint density at radius 3 is 2.82 bits per heavy atom. The Bertz CT molecular complexity index is 342. The first-order chi connectivity index (χ1) is 8.15. The first kappa shape index (κ1) is 13.1. The quantitative estimate of drug-likeness (QED) is 0.838. The van der Waals surface area contributed by atoms with Crippen LogP contribution in [0.25, 0.3) is 0 Å². The molecule has 0 aliphatic heterocycles. The lowest BCUT2D eigenvalue weighted by Crippen LogP contribution is -2.34. The second kappa shape index (κ2) is 6.01. The van der Waals surface area contributed by atoms with E-state index in [2.05, 4.69) is 38.2 Å². The maximum Gasteiger partial charge on any atom is 0.0302 e. The molecule has 0 amide bonds. The predicted molar refractivity (Wildman–Crippen MR) is 76.5 cm³/mol. The molecule has 96 valence electrons. The number of hydrogen-bond donors (Lipinski definition) is 1. The summed E-state index contributed by atoms with van der Waals surface area (Å²) in [5, 5.41) is 3.75. The Hall–Kier alpha value is -0.340. The second-order valence-electron chi connectivity index (χ2n) is 5.76. The lowest BCUT2D eigenvalue weighted by molar-refractivity contribution is 0.231. The topological polar surface area (TPSA) is 12.0 Å². The Morgan fingerprint density at radius 1 is 1.35 bits per heavy atom. The molecule has 2 unspecified atom stereocenters. The zero-order valence-electron chi connectivity index (χ0n) is 11.3. The van der Waals surface area contributed by atoms with Gasteiger partial charge in [0.2, 0.25) is 0 Å². The zero-order chi connectivity index (χ0) is 12.3. The van der Waals surface area contributed by atoms with Gasteiger partial charge in [-0.05, 0) is 43.7 Å². The van der Waals surface area contributed by atoms with Gasteiger partial charge in [0.1, 0.15) is 0 Å². The fraction of sp³-hybridized carbons (Fsp3) is 0.733. The van der Waals surface area contributed by atoms with E-state index in [4.69, 9.17) is 0 Å². The van der Waals surface area contributed by atoms with Crippen LogP contribution >= 0.6 is 11.3 Å². The molecular formula is C15H25NS. The van der Waals surface area contributed by atoms with Crippen molar-refractivity contribution in [1.29, 1.82) is 0 Å². The Kier molecular flexibility index (Phi) is 4.63. The molecule has 2 atom stereocenters. The fourth-order valence-electron chi connectivity index (χ4n) is 2.84. The van der Waals surface area contributed by atoms with Gasteiger partial charge in [-0.2, -0.15) is 0 Å². The highest BCUT2D eigenvalue weighted by Crippen LogP contribution is 2.30. The van der Waals surface area contributed by atoms with E-state index in [1.54, 1.807) is 0 Å². The standard InChI is InChI=1S/C15H25NS/c1-11(2)13-5-4-6-14(9-13)16-10-15-8-7-12(3)17-15/h7-8,11,13-14,16H,4-6,9-10H2,1-3H3. The maximum atomic E-state index is 3.75. The summed E-state index contributed by atoms with van der Waals surface area (Å²) in [4.78, 5) is 2.90. The van der Waals surface area contributed by atoms with Gasteiger partial charge in [-0.25, -0.2) is 0 Å². The van der Waals surface area contributed by atoms with Crippen LogP contribution in [-0.2, 0) is 6.54 Å². The summed E-state index contributed by atoms with van der Waals surface area (Å²) in [7, 11) is 0. The van der Waals surface area contributed by atoms with Crippen LogP contribution in [0.15, 0.2) is 12.1 Å². The van der Waals surface area contributed by atoms with E-state index in [0.29, 0.717) is 0 Å². The zero-order valence-corrected chi connectivity index (χ0v) is 12.1. The van der Waals surface area contributed by atoms with E-state index in [-0.39, 0.29) is 0 Å². The Balaban J connectivity index is 1.79. The third-order valence-corrected chi connectivity index (χ3v) is 5.02. The smallest absolute Gasteiger partial charge is 0.0302 e. The van der Waals surface area contributed by atoms with Crippen molar-refractivity contribution < 1.29 is 0 Å². The summed E-state index contributed by atoms with van der Waals surface area (Å²) in [6, 6.07) is 5.23. The van der Waals surface area contributed by atoms with Crippen LogP contribution < -0.4 is 5.32 Å². The average Bonchev–Trinajstić information content (AvgIpc) is 2.73. The summed E-state index contributed by atoms with van der Waals surface area (Å²) < 4.78 is 0. The van der Waals surface area contributed by atoms with Gasteiger partial charge in [0.25, 0.3) is 0 Å². The van der Waals surface area contributed by atoms with Crippen LogP contribution in [0.2, 0.25) is 0 Å². The summed E-state index contributed by atoms with van der Waals surface area (Å²) in [6.07, 6.45) is 5.59. The average molecular weight is 251 g/mol. The highest BCUT2D eigenvalue weighted by Gasteiger charge is 2.23. The highest BCUT2D eigenvalue weighted by atomic mass is 32.1. The molecule has 0 aromatic carbocycles. The monoisotopic (exact) mass is 251 g/mol. The van der Waals surface area contributed by atoms with E-state index in [9.17, 15) is 0 Å². The fourth-order valence-corrected chi connectivity index (χ4v) is 3.68. The van der Waals surface area contributed by atoms with Crippen LogP contribution in [0.5, 0.6) is 0 Å². The summed E-state index contributed by atoms with van der Waals surface area (Å²) >= 11 is 1.92. The molecule has 1 nitrogen and oxygen atoms in total. The van der Waals surface area contributed by atoms with E-state index in [1.165, 1.54) is 35.4 Å². The molecule has 1 aromatic heterocycles. The van der Waals surface area contributed by atoms with Crippen molar-refractivity contribution in [3.63, 3.8) is 0 Å². The molecule has 1 saturated carbocycles. The van der Waals surface area contributed by atoms with Crippen molar-refractivity contribution in [2.45, 2.75) is 59.0 Å². The third-order valence-electron chi connectivity index (χ3n) is 4.02. The maximum absolute atomic E-state index is 3.75. The first-order valence-corrected chi connectivity index (χ1v) is 7.75. The minimum atomic E-state index is 0.749. The van der Waals surface area contributed by atoms with E-state index < -0.39 is 0 Å². The van der Waals surface area contributed by atoms with Gasteiger partial charge in [0, 0.05) is 22.3 Å². The molecular weight excluding hydrogens is 226 g/mol. The minimum absolute atomic E-state index is 0.749. The highest BCUT2D eigenvalue weighted by molar-refractivity contribution is 7.11. The molecule has 2 heteroatoms. The molecule has 0 radical (unpaired) electrons. The molecule has 1 heterocycles. The SMILES string of the molecule is Cc1ccc(CNC2CCCC(C(C)C)C2)s1. The van der Waals surface area contributed by atoms with Crippen molar-refractivity contribution in [2.75, 3.05) is 0 Å². The number of hydrogen-bond acceptors (Lipinski definition) is 2. The van der Waals surface area contributed by atoms with Crippen molar-refractivity contribution in [1.82, 2.24) is 5.32 Å². The van der Waals surface area contributed by atoms with Crippen molar-refractivity contribution in [3.05, 3.63) is 21.9 Å². The van der Waals surface area contributed by atoms with Crippen LogP contribution in [0.1, 0.15) is 49.3 Å². The normalized spacial score (nSPS) is 25.4. The molecule has 1 N–H and O–H groups in total. The van der Waals surface area contributed by atoms with E-state index in [1.807, 2.05) is 11.3 Å². The largest absolute Gasteiger partial charge is 0.309 e. The lowest BCUT2D eigenvalue weighted by atomic mass is 9.79. The molecule has 1 fully saturated rings. The lowest BCUT2D eigenvalue weighted by Gasteiger charge is -2.32. The number of rotatable bonds is 4. The molecule has 0 spiro atoms. The Morgan fingerprint density at radius 2 is 2.18 bits per heavy atom. The van der Waals surface area contributed by atoms with Gasteiger partial charge < -0.3 is 5.32 Å². The predicted octanol–water partition coefficient (Wildman–Crippen LogP) is 4.36. The summed E-state index contributed by atoms with van der Waals surface area (Å²) in [5.41, 5.74) is 0. The first-order valence-electron chi connectivity index (χ1n) is 6.94. The molecule has 2 rings (SSSR count). The number of thiophene rings is 1. The second-order valence-corrected chi connectivity index (χ2v) is 7.13. The van der Waals surface area contributed by atoms with Crippen molar-refractivity contribution >= 4 is 11.3 Å². The van der Waals surface area contributed by atoms with Crippen LogP contribution in [0.4, 0.5) is 0 Å². The van der Waals surface area contributed by atoms with Gasteiger partial charge in [-0.1, -0.05) is 26.7 Å². The van der Waals surface area contributed by atoms with E-state index >= 15 is 0 Å². The molecule has 1 aliphatic carbocycles. The minimum Gasteiger partial charge on any atom is -0.309 e.